The van der Waals surface area contributed by atoms with Crippen LogP contribution in [-0.2, 0) is 6.54 Å². The number of rotatable bonds is 4. The van der Waals surface area contributed by atoms with E-state index in [1.54, 1.807) is 0 Å². The summed E-state index contributed by atoms with van der Waals surface area (Å²) < 4.78 is 1.16. The van der Waals surface area contributed by atoms with Crippen molar-refractivity contribution in [2.24, 2.45) is 0 Å². The summed E-state index contributed by atoms with van der Waals surface area (Å²) in [7, 11) is 0. The highest BCUT2D eigenvalue weighted by Crippen LogP contribution is 2.39. The third-order valence-electron chi connectivity index (χ3n) is 3.68. The lowest BCUT2D eigenvalue weighted by Crippen LogP contribution is -1.99. The van der Waals surface area contributed by atoms with E-state index in [0.29, 0.717) is 0 Å². The van der Waals surface area contributed by atoms with Gasteiger partial charge in [0.15, 0.2) is 0 Å². The Hall–Kier alpha value is -1.28. The van der Waals surface area contributed by atoms with Gasteiger partial charge in [0.25, 0.3) is 0 Å². The molecule has 0 amide bonds. The van der Waals surface area contributed by atoms with Gasteiger partial charge in [-0.1, -0.05) is 40.2 Å². The van der Waals surface area contributed by atoms with Crippen LogP contribution in [0.15, 0.2) is 46.9 Å². The Bertz CT molecular complexity index is 570. The summed E-state index contributed by atoms with van der Waals surface area (Å²) in [5.41, 5.74) is 5.27. The van der Waals surface area contributed by atoms with Crippen LogP contribution in [0.25, 0.3) is 0 Å². The van der Waals surface area contributed by atoms with Crippen LogP contribution in [0.5, 0.6) is 0 Å². The Morgan fingerprint density at radius 3 is 2.47 bits per heavy atom. The molecule has 0 aliphatic heterocycles. The molecule has 0 bridgehead atoms. The van der Waals surface area contributed by atoms with E-state index in [0.717, 1.165) is 16.9 Å². The molecule has 1 aliphatic rings. The molecule has 0 unspecified atom stereocenters. The molecule has 0 heterocycles. The molecule has 1 N–H and O–H groups in total. The zero-order valence-corrected chi connectivity index (χ0v) is 12.7. The van der Waals surface area contributed by atoms with E-state index in [-0.39, 0.29) is 0 Å². The van der Waals surface area contributed by atoms with E-state index >= 15 is 0 Å². The fourth-order valence-electron chi connectivity index (χ4n) is 2.28. The lowest BCUT2D eigenvalue weighted by Gasteiger charge is -2.09. The van der Waals surface area contributed by atoms with Gasteiger partial charge < -0.3 is 5.32 Å². The first-order chi connectivity index (χ1) is 9.22. The van der Waals surface area contributed by atoms with Gasteiger partial charge in [-0.05, 0) is 60.6 Å². The molecule has 1 aliphatic carbocycles. The second-order valence-electron chi connectivity index (χ2n) is 5.33. The molecular formula is C17H18BrN. The van der Waals surface area contributed by atoms with Crippen molar-refractivity contribution in [3.8, 4) is 0 Å². The van der Waals surface area contributed by atoms with Crippen molar-refractivity contribution >= 4 is 21.6 Å². The summed E-state index contributed by atoms with van der Waals surface area (Å²) in [6.07, 6.45) is 2.74. The predicted molar refractivity (Wildman–Crippen MR) is 84.6 cm³/mol. The van der Waals surface area contributed by atoms with Gasteiger partial charge in [0.1, 0.15) is 0 Å². The molecule has 1 nitrogen and oxygen atoms in total. The topological polar surface area (TPSA) is 12.0 Å². The van der Waals surface area contributed by atoms with Crippen LogP contribution < -0.4 is 5.32 Å². The minimum absolute atomic E-state index is 0.844. The monoisotopic (exact) mass is 315 g/mol. The van der Waals surface area contributed by atoms with Gasteiger partial charge in [0.05, 0.1) is 0 Å². The SMILES string of the molecule is Cc1cc(NCc2ccc(C3CC3)cc2)ccc1Br. The van der Waals surface area contributed by atoms with Crippen LogP contribution in [-0.4, -0.2) is 0 Å². The van der Waals surface area contributed by atoms with Crippen molar-refractivity contribution in [3.05, 3.63) is 63.6 Å². The average Bonchev–Trinajstić information content (AvgIpc) is 3.25. The number of benzene rings is 2. The molecule has 0 atom stereocenters. The largest absolute Gasteiger partial charge is 0.381 e. The minimum Gasteiger partial charge on any atom is -0.381 e. The number of halogens is 1. The fourth-order valence-corrected chi connectivity index (χ4v) is 2.53. The van der Waals surface area contributed by atoms with E-state index in [1.807, 2.05) is 0 Å². The molecule has 2 aromatic rings. The number of hydrogen-bond acceptors (Lipinski definition) is 1. The lowest BCUT2D eigenvalue weighted by molar-refractivity contribution is 1.10. The van der Waals surface area contributed by atoms with E-state index in [2.05, 4.69) is 70.6 Å². The van der Waals surface area contributed by atoms with Crippen molar-refractivity contribution in [3.63, 3.8) is 0 Å². The molecule has 98 valence electrons. The van der Waals surface area contributed by atoms with E-state index in [1.165, 1.54) is 35.2 Å². The molecule has 0 saturated heterocycles. The summed E-state index contributed by atoms with van der Waals surface area (Å²) in [6, 6.07) is 15.4. The molecule has 2 aromatic carbocycles. The Labute approximate surface area is 123 Å². The number of anilines is 1. The predicted octanol–water partition coefficient (Wildman–Crippen LogP) is 5.25. The van der Waals surface area contributed by atoms with Crippen LogP contribution in [0.3, 0.4) is 0 Å². The Morgan fingerprint density at radius 1 is 1.11 bits per heavy atom. The van der Waals surface area contributed by atoms with Gasteiger partial charge in [-0.15, -0.1) is 0 Å². The van der Waals surface area contributed by atoms with Gasteiger partial charge in [-0.2, -0.15) is 0 Å². The highest BCUT2D eigenvalue weighted by molar-refractivity contribution is 9.10. The fraction of sp³-hybridized carbons (Fsp3) is 0.294. The summed E-state index contributed by atoms with van der Waals surface area (Å²) in [4.78, 5) is 0. The summed E-state index contributed by atoms with van der Waals surface area (Å²) >= 11 is 3.52. The smallest absolute Gasteiger partial charge is 0.0400 e. The first kappa shape index (κ1) is 12.7. The zero-order valence-electron chi connectivity index (χ0n) is 11.1. The summed E-state index contributed by atoms with van der Waals surface area (Å²) in [5, 5.41) is 3.47. The highest BCUT2D eigenvalue weighted by atomic mass is 79.9. The maximum atomic E-state index is 3.52. The van der Waals surface area contributed by atoms with Crippen LogP contribution in [0.4, 0.5) is 5.69 Å². The van der Waals surface area contributed by atoms with Crippen molar-refractivity contribution < 1.29 is 0 Å². The van der Waals surface area contributed by atoms with E-state index in [4.69, 9.17) is 0 Å². The second kappa shape index (κ2) is 5.38. The molecule has 1 saturated carbocycles. The van der Waals surface area contributed by atoms with Crippen molar-refractivity contribution in [2.45, 2.75) is 32.2 Å². The van der Waals surface area contributed by atoms with Crippen LogP contribution in [0, 0.1) is 6.92 Å². The molecule has 0 radical (unpaired) electrons. The van der Waals surface area contributed by atoms with Crippen molar-refractivity contribution in [1.82, 2.24) is 0 Å². The molecule has 1 fully saturated rings. The molecule has 3 rings (SSSR count). The maximum Gasteiger partial charge on any atom is 0.0400 e. The normalized spacial score (nSPS) is 14.4. The highest BCUT2D eigenvalue weighted by Gasteiger charge is 2.22. The van der Waals surface area contributed by atoms with Crippen molar-refractivity contribution in [2.75, 3.05) is 5.32 Å². The number of nitrogens with one attached hydrogen (secondary N) is 1. The Balaban J connectivity index is 1.63. The number of hydrogen-bond donors (Lipinski definition) is 1. The van der Waals surface area contributed by atoms with Gasteiger partial charge in [-0.3, -0.25) is 0 Å². The second-order valence-corrected chi connectivity index (χ2v) is 6.19. The molecule has 19 heavy (non-hydrogen) atoms. The summed E-state index contributed by atoms with van der Waals surface area (Å²) in [5.74, 6) is 0.844. The van der Waals surface area contributed by atoms with Gasteiger partial charge >= 0.3 is 0 Å². The Kier molecular flexibility index (Phi) is 3.61. The average molecular weight is 316 g/mol. The van der Waals surface area contributed by atoms with Crippen molar-refractivity contribution in [1.29, 1.82) is 0 Å². The molecule has 0 aromatic heterocycles. The van der Waals surface area contributed by atoms with Crippen LogP contribution in [0.2, 0.25) is 0 Å². The third-order valence-corrected chi connectivity index (χ3v) is 4.57. The zero-order chi connectivity index (χ0) is 13.2. The minimum atomic E-state index is 0.844. The maximum absolute atomic E-state index is 3.52. The lowest BCUT2D eigenvalue weighted by atomic mass is 10.1. The standard InChI is InChI=1S/C17H18BrN/c1-12-10-16(8-9-17(12)18)19-11-13-2-4-14(5-3-13)15-6-7-15/h2-5,8-10,15,19H,6-7,11H2,1H3. The van der Waals surface area contributed by atoms with E-state index < -0.39 is 0 Å². The number of aryl methyl sites for hydroxylation is 1. The Morgan fingerprint density at radius 2 is 1.84 bits per heavy atom. The first-order valence-corrected chi connectivity index (χ1v) is 7.60. The van der Waals surface area contributed by atoms with Crippen LogP contribution >= 0.6 is 15.9 Å². The van der Waals surface area contributed by atoms with Gasteiger partial charge in [0, 0.05) is 16.7 Å². The van der Waals surface area contributed by atoms with E-state index in [9.17, 15) is 0 Å². The molecular weight excluding hydrogens is 298 g/mol. The molecule has 2 heteroatoms. The van der Waals surface area contributed by atoms with Gasteiger partial charge in [0.2, 0.25) is 0 Å². The molecule has 0 spiro atoms. The third kappa shape index (κ3) is 3.19. The van der Waals surface area contributed by atoms with Crippen LogP contribution in [0.1, 0.15) is 35.4 Å². The first-order valence-electron chi connectivity index (χ1n) is 6.81. The quantitative estimate of drug-likeness (QED) is 0.812. The van der Waals surface area contributed by atoms with Gasteiger partial charge in [-0.25, -0.2) is 0 Å². The summed E-state index contributed by atoms with van der Waals surface area (Å²) in [6.45, 7) is 2.99.